The number of hydrogen-bond acceptors (Lipinski definition) is 5. The molecule has 1 fully saturated rings. The second-order valence-electron chi connectivity index (χ2n) is 8.06. The fraction of sp³-hybridized carbons (Fsp3) is 0.154. The van der Waals surface area contributed by atoms with Gasteiger partial charge >= 0.3 is 0 Å². The van der Waals surface area contributed by atoms with Gasteiger partial charge in [-0.2, -0.15) is 0 Å². The Balaban J connectivity index is 1.28. The smallest absolute Gasteiger partial charge is 0.234 e. The Kier molecular flexibility index (Phi) is 5.56. The summed E-state index contributed by atoms with van der Waals surface area (Å²) in [6.45, 7) is 0. The zero-order valence-electron chi connectivity index (χ0n) is 17.6. The van der Waals surface area contributed by atoms with Crippen LogP contribution in [0, 0.1) is 5.92 Å². The second-order valence-corrected chi connectivity index (χ2v) is 9.11. The molecule has 0 unspecified atom stereocenters. The normalized spacial score (nSPS) is 14.3. The van der Waals surface area contributed by atoms with E-state index in [1.807, 2.05) is 24.3 Å². The van der Waals surface area contributed by atoms with Crippen LogP contribution in [0.3, 0.4) is 0 Å². The average molecular weight is 457 g/mol. The first-order valence-corrected chi connectivity index (χ1v) is 11.6. The summed E-state index contributed by atoms with van der Waals surface area (Å²) in [5.41, 5.74) is 2.28. The number of nitrogens with one attached hydrogen (secondary N) is 2. The van der Waals surface area contributed by atoms with Crippen molar-refractivity contribution in [2.24, 2.45) is 5.92 Å². The highest BCUT2D eigenvalue weighted by molar-refractivity contribution is 8.00. The number of carbonyl (C=O) groups excluding carboxylic acids is 4. The second kappa shape index (κ2) is 8.67. The maximum atomic E-state index is 13.1. The standard InChI is InChI=1S/C26H20N2O4S/c29-22(14-33-17-6-3-5-16(13-17)27-26(32)15-11-12-15)28-21-10-4-9-20-23(21)25(31)19-8-2-1-7-18(19)24(20)30/h1-10,13,15H,11-12,14H2,(H,27,32)(H,28,29). The van der Waals surface area contributed by atoms with Crippen LogP contribution in [0.5, 0.6) is 0 Å². The number of benzene rings is 3. The van der Waals surface area contributed by atoms with Gasteiger partial charge in [-0.25, -0.2) is 0 Å². The minimum Gasteiger partial charge on any atom is -0.326 e. The van der Waals surface area contributed by atoms with E-state index in [0.717, 1.165) is 17.7 Å². The maximum absolute atomic E-state index is 13.1. The van der Waals surface area contributed by atoms with E-state index in [1.165, 1.54) is 11.8 Å². The number of fused-ring (bicyclic) bond motifs is 2. The summed E-state index contributed by atoms with van der Waals surface area (Å²) >= 11 is 1.33. The topological polar surface area (TPSA) is 92.3 Å². The lowest BCUT2D eigenvalue weighted by molar-refractivity contribution is -0.117. The number of hydrogen-bond donors (Lipinski definition) is 2. The van der Waals surface area contributed by atoms with Crippen molar-refractivity contribution in [1.29, 1.82) is 0 Å². The van der Waals surface area contributed by atoms with Crippen molar-refractivity contribution in [3.05, 3.63) is 89.0 Å². The molecule has 33 heavy (non-hydrogen) atoms. The fourth-order valence-electron chi connectivity index (χ4n) is 3.84. The minimum absolute atomic E-state index is 0.0320. The molecular formula is C26H20N2O4S. The molecule has 3 aromatic rings. The SMILES string of the molecule is O=C(CSc1cccc(NC(=O)C2CC2)c1)Nc1cccc2c1C(=O)c1ccccc1C2=O. The summed E-state index contributed by atoms with van der Waals surface area (Å²) in [7, 11) is 0. The van der Waals surface area contributed by atoms with E-state index >= 15 is 0 Å². The lowest BCUT2D eigenvalue weighted by atomic mass is 9.83. The molecular weight excluding hydrogens is 436 g/mol. The monoisotopic (exact) mass is 456 g/mol. The highest BCUT2D eigenvalue weighted by Gasteiger charge is 2.32. The van der Waals surface area contributed by atoms with Gasteiger partial charge in [0.25, 0.3) is 0 Å². The molecule has 2 N–H and O–H groups in total. The first kappa shape index (κ1) is 21.2. The van der Waals surface area contributed by atoms with Gasteiger partial charge in [0.2, 0.25) is 11.8 Å². The van der Waals surface area contributed by atoms with Gasteiger partial charge in [-0.1, -0.05) is 42.5 Å². The van der Waals surface area contributed by atoms with Crippen LogP contribution in [0.15, 0.2) is 71.6 Å². The van der Waals surface area contributed by atoms with Crippen molar-refractivity contribution in [2.75, 3.05) is 16.4 Å². The highest BCUT2D eigenvalue weighted by atomic mass is 32.2. The number of amides is 2. The van der Waals surface area contributed by atoms with E-state index in [0.29, 0.717) is 28.1 Å². The van der Waals surface area contributed by atoms with Gasteiger partial charge in [0, 0.05) is 33.2 Å². The van der Waals surface area contributed by atoms with Crippen LogP contribution in [0.4, 0.5) is 11.4 Å². The molecule has 7 heteroatoms. The van der Waals surface area contributed by atoms with Gasteiger partial charge in [0.05, 0.1) is 17.0 Å². The van der Waals surface area contributed by atoms with E-state index in [4.69, 9.17) is 0 Å². The van der Waals surface area contributed by atoms with Crippen molar-refractivity contribution in [3.8, 4) is 0 Å². The van der Waals surface area contributed by atoms with Gasteiger partial charge in [0.1, 0.15) is 0 Å². The molecule has 0 spiro atoms. The zero-order valence-corrected chi connectivity index (χ0v) is 18.4. The maximum Gasteiger partial charge on any atom is 0.234 e. The summed E-state index contributed by atoms with van der Waals surface area (Å²) in [6.07, 6.45) is 1.87. The lowest BCUT2D eigenvalue weighted by Gasteiger charge is -2.20. The van der Waals surface area contributed by atoms with E-state index in [2.05, 4.69) is 10.6 Å². The molecule has 2 amide bonds. The molecule has 0 aliphatic heterocycles. The highest BCUT2D eigenvalue weighted by Crippen LogP contribution is 2.33. The van der Waals surface area contributed by atoms with E-state index in [9.17, 15) is 19.2 Å². The van der Waals surface area contributed by atoms with Crippen molar-refractivity contribution in [3.63, 3.8) is 0 Å². The van der Waals surface area contributed by atoms with Crippen molar-refractivity contribution < 1.29 is 19.2 Å². The quantitative estimate of drug-likeness (QED) is 0.416. The molecule has 2 aliphatic carbocycles. The van der Waals surface area contributed by atoms with Crippen LogP contribution < -0.4 is 10.6 Å². The third-order valence-corrected chi connectivity index (χ3v) is 6.64. The summed E-state index contributed by atoms with van der Waals surface area (Å²) < 4.78 is 0. The van der Waals surface area contributed by atoms with Crippen LogP contribution in [0.2, 0.25) is 0 Å². The Morgan fingerprint density at radius 3 is 2.27 bits per heavy atom. The van der Waals surface area contributed by atoms with Crippen molar-refractivity contribution in [2.45, 2.75) is 17.7 Å². The number of rotatable bonds is 6. The summed E-state index contributed by atoms with van der Waals surface area (Å²) in [4.78, 5) is 51.4. The molecule has 0 atom stereocenters. The zero-order chi connectivity index (χ0) is 22.9. The van der Waals surface area contributed by atoms with Crippen LogP contribution in [0.25, 0.3) is 0 Å². The van der Waals surface area contributed by atoms with E-state index in [1.54, 1.807) is 42.5 Å². The third kappa shape index (κ3) is 4.32. The lowest BCUT2D eigenvalue weighted by Crippen LogP contribution is -2.24. The predicted octanol–water partition coefficient (Wildman–Crippen LogP) is 4.54. The molecule has 2 aliphatic rings. The van der Waals surface area contributed by atoms with Gasteiger partial charge in [-0.05, 0) is 37.1 Å². The summed E-state index contributed by atoms with van der Waals surface area (Å²) in [5.74, 6) is -0.531. The summed E-state index contributed by atoms with van der Waals surface area (Å²) in [5, 5.41) is 5.69. The van der Waals surface area contributed by atoms with Crippen LogP contribution in [-0.4, -0.2) is 29.1 Å². The number of anilines is 2. The first-order chi connectivity index (χ1) is 16.0. The van der Waals surface area contributed by atoms with Gasteiger partial charge in [0.15, 0.2) is 11.6 Å². The molecule has 3 aromatic carbocycles. The largest absolute Gasteiger partial charge is 0.326 e. The Bertz CT molecular complexity index is 1310. The number of ketones is 2. The molecule has 0 bridgehead atoms. The fourth-order valence-corrected chi connectivity index (χ4v) is 4.59. The van der Waals surface area contributed by atoms with Gasteiger partial charge in [-0.3, -0.25) is 19.2 Å². The molecule has 5 rings (SSSR count). The van der Waals surface area contributed by atoms with Crippen LogP contribution >= 0.6 is 11.8 Å². The predicted molar refractivity (Wildman–Crippen MR) is 127 cm³/mol. The van der Waals surface area contributed by atoms with Gasteiger partial charge in [-0.15, -0.1) is 11.8 Å². The number of carbonyl (C=O) groups is 4. The Labute approximate surface area is 194 Å². The summed E-state index contributed by atoms with van der Waals surface area (Å²) in [6, 6.07) is 19.0. The molecule has 6 nitrogen and oxygen atoms in total. The minimum atomic E-state index is -0.292. The van der Waals surface area contributed by atoms with Crippen LogP contribution in [-0.2, 0) is 9.59 Å². The van der Waals surface area contributed by atoms with Crippen LogP contribution in [0.1, 0.15) is 44.7 Å². The Morgan fingerprint density at radius 2 is 1.52 bits per heavy atom. The third-order valence-electron chi connectivity index (χ3n) is 5.65. The molecule has 0 aromatic heterocycles. The molecule has 1 saturated carbocycles. The van der Waals surface area contributed by atoms with Gasteiger partial charge < -0.3 is 10.6 Å². The number of thioether (sulfide) groups is 1. The van der Waals surface area contributed by atoms with Crippen molar-refractivity contribution in [1.82, 2.24) is 0 Å². The molecule has 0 radical (unpaired) electrons. The molecule has 164 valence electrons. The van der Waals surface area contributed by atoms with Crippen molar-refractivity contribution >= 4 is 46.5 Å². The van der Waals surface area contributed by atoms with E-state index < -0.39 is 0 Å². The Hall–Kier alpha value is -3.71. The average Bonchev–Trinajstić information content (AvgIpc) is 3.67. The first-order valence-electron chi connectivity index (χ1n) is 10.7. The Morgan fingerprint density at radius 1 is 0.818 bits per heavy atom. The van der Waals surface area contributed by atoms with E-state index in [-0.39, 0.29) is 40.6 Å². The molecule has 0 saturated heterocycles. The molecule has 0 heterocycles.